The fourth-order valence-corrected chi connectivity index (χ4v) is 2.04. The summed E-state index contributed by atoms with van der Waals surface area (Å²) in [5, 5.41) is 7.50. The molecule has 2 rings (SSSR count). The van der Waals surface area contributed by atoms with Crippen molar-refractivity contribution < 1.29 is 9.53 Å². The molecule has 0 saturated heterocycles. The van der Waals surface area contributed by atoms with Crippen molar-refractivity contribution in [3.8, 4) is 5.75 Å². The highest BCUT2D eigenvalue weighted by atomic mass is 16.5. The number of aromatic amines is 1. The second kappa shape index (κ2) is 4.66. The van der Waals surface area contributed by atoms with Crippen LogP contribution in [0.5, 0.6) is 5.75 Å². The molecular weight excluding hydrogens is 232 g/mol. The number of H-pyrrole nitrogens is 1. The number of hydrogen-bond donors (Lipinski definition) is 2. The van der Waals surface area contributed by atoms with E-state index in [9.17, 15) is 4.79 Å². The fraction of sp³-hybridized carbons (Fsp3) is 0.333. The van der Waals surface area contributed by atoms with E-state index in [1.54, 1.807) is 19.4 Å². The van der Waals surface area contributed by atoms with Gasteiger partial charge in [-0.05, 0) is 20.2 Å². The molecule has 0 aliphatic rings. The van der Waals surface area contributed by atoms with Gasteiger partial charge in [-0.15, -0.1) is 0 Å². The van der Waals surface area contributed by atoms with Gasteiger partial charge in [-0.3, -0.25) is 9.89 Å². The number of amides is 1. The standard InChI is InChI=1S/C12H16N4O2/c1-16(2)6-7-4-8(12(13)17)10-9(5-14-15-10)11(7)18-3/h4-5H,6H2,1-3H3,(H2,13,17)(H,14,15). The summed E-state index contributed by atoms with van der Waals surface area (Å²) in [4.78, 5) is 13.5. The minimum Gasteiger partial charge on any atom is -0.496 e. The summed E-state index contributed by atoms with van der Waals surface area (Å²) in [5.41, 5.74) is 7.34. The summed E-state index contributed by atoms with van der Waals surface area (Å²) in [6, 6.07) is 1.75. The van der Waals surface area contributed by atoms with E-state index in [1.807, 2.05) is 19.0 Å². The van der Waals surface area contributed by atoms with Gasteiger partial charge in [-0.25, -0.2) is 0 Å². The van der Waals surface area contributed by atoms with Gasteiger partial charge in [-0.2, -0.15) is 5.10 Å². The minimum absolute atomic E-state index is 0.431. The number of nitrogens with two attached hydrogens (primary N) is 1. The van der Waals surface area contributed by atoms with Crippen LogP contribution in [0.2, 0.25) is 0 Å². The van der Waals surface area contributed by atoms with Crippen LogP contribution in [-0.2, 0) is 6.54 Å². The normalized spacial score (nSPS) is 11.1. The zero-order valence-electron chi connectivity index (χ0n) is 10.7. The summed E-state index contributed by atoms with van der Waals surface area (Å²) >= 11 is 0. The summed E-state index contributed by atoms with van der Waals surface area (Å²) in [5.74, 6) is 0.240. The second-order valence-corrected chi connectivity index (χ2v) is 4.38. The van der Waals surface area contributed by atoms with E-state index in [0.29, 0.717) is 17.6 Å². The maximum atomic E-state index is 11.5. The van der Waals surface area contributed by atoms with Crippen LogP contribution in [0.15, 0.2) is 12.3 Å². The van der Waals surface area contributed by atoms with Gasteiger partial charge in [0.2, 0.25) is 0 Å². The predicted octanol–water partition coefficient (Wildman–Crippen LogP) is 0.732. The number of hydrogen-bond acceptors (Lipinski definition) is 4. The van der Waals surface area contributed by atoms with Crippen LogP contribution in [0.25, 0.3) is 10.9 Å². The molecule has 0 radical (unpaired) electrons. The minimum atomic E-state index is -0.480. The summed E-state index contributed by atoms with van der Waals surface area (Å²) < 4.78 is 5.41. The third-order valence-corrected chi connectivity index (χ3v) is 2.72. The molecule has 6 nitrogen and oxygen atoms in total. The van der Waals surface area contributed by atoms with Gasteiger partial charge >= 0.3 is 0 Å². The van der Waals surface area contributed by atoms with E-state index in [2.05, 4.69) is 10.2 Å². The lowest BCUT2D eigenvalue weighted by Crippen LogP contribution is -2.15. The highest BCUT2D eigenvalue weighted by molar-refractivity contribution is 6.06. The van der Waals surface area contributed by atoms with E-state index in [-0.39, 0.29) is 0 Å². The SMILES string of the molecule is COc1c(CN(C)C)cc(C(N)=O)c2[nH]ncc12. The van der Waals surface area contributed by atoms with Crippen molar-refractivity contribution in [2.24, 2.45) is 5.73 Å². The Kier molecular flexibility index (Phi) is 3.20. The molecule has 0 spiro atoms. The fourth-order valence-electron chi connectivity index (χ4n) is 2.04. The maximum Gasteiger partial charge on any atom is 0.250 e. The molecule has 1 amide bonds. The van der Waals surface area contributed by atoms with Gasteiger partial charge in [0.05, 0.1) is 29.8 Å². The molecule has 3 N–H and O–H groups in total. The van der Waals surface area contributed by atoms with E-state index in [4.69, 9.17) is 10.5 Å². The first kappa shape index (κ1) is 12.4. The smallest absolute Gasteiger partial charge is 0.250 e. The van der Waals surface area contributed by atoms with Gasteiger partial charge in [0.15, 0.2) is 0 Å². The quantitative estimate of drug-likeness (QED) is 0.835. The highest BCUT2D eigenvalue weighted by Gasteiger charge is 2.17. The molecule has 2 aromatic rings. The predicted molar refractivity (Wildman–Crippen MR) is 68.6 cm³/mol. The van der Waals surface area contributed by atoms with E-state index < -0.39 is 5.91 Å². The third-order valence-electron chi connectivity index (χ3n) is 2.72. The van der Waals surface area contributed by atoms with Crippen LogP contribution in [0, 0.1) is 0 Å². The van der Waals surface area contributed by atoms with Gasteiger partial charge in [0, 0.05) is 12.1 Å². The van der Waals surface area contributed by atoms with Gasteiger partial charge in [0.25, 0.3) is 5.91 Å². The number of ether oxygens (including phenoxy) is 1. The number of nitrogens with one attached hydrogen (secondary N) is 1. The highest BCUT2D eigenvalue weighted by Crippen LogP contribution is 2.31. The number of benzene rings is 1. The molecule has 0 bridgehead atoms. The number of rotatable bonds is 4. The van der Waals surface area contributed by atoms with Crippen molar-refractivity contribution in [2.45, 2.75) is 6.54 Å². The van der Waals surface area contributed by atoms with Gasteiger partial charge < -0.3 is 15.4 Å². The second-order valence-electron chi connectivity index (χ2n) is 4.38. The zero-order valence-corrected chi connectivity index (χ0v) is 10.7. The molecular formula is C12H16N4O2. The van der Waals surface area contributed by atoms with Crippen LogP contribution in [-0.4, -0.2) is 42.2 Å². The van der Waals surface area contributed by atoms with Crippen molar-refractivity contribution in [3.63, 3.8) is 0 Å². The zero-order chi connectivity index (χ0) is 13.3. The molecule has 18 heavy (non-hydrogen) atoms. The molecule has 0 atom stereocenters. The molecule has 96 valence electrons. The molecule has 1 aromatic carbocycles. The number of carbonyl (C=O) groups is 1. The molecule has 1 aromatic heterocycles. The molecule has 0 saturated carbocycles. The number of carbonyl (C=O) groups excluding carboxylic acids is 1. The van der Waals surface area contributed by atoms with Gasteiger partial charge in [0.1, 0.15) is 5.75 Å². The molecule has 0 fully saturated rings. The number of primary amides is 1. The van der Waals surface area contributed by atoms with Crippen LogP contribution < -0.4 is 10.5 Å². The van der Waals surface area contributed by atoms with Crippen molar-refractivity contribution in [3.05, 3.63) is 23.4 Å². The average Bonchev–Trinajstić information content (AvgIpc) is 2.75. The monoisotopic (exact) mass is 248 g/mol. The third kappa shape index (κ3) is 2.02. The van der Waals surface area contributed by atoms with Crippen molar-refractivity contribution in [1.29, 1.82) is 0 Å². The van der Waals surface area contributed by atoms with Crippen LogP contribution in [0.3, 0.4) is 0 Å². The molecule has 6 heteroatoms. The van der Waals surface area contributed by atoms with Crippen LogP contribution in [0.1, 0.15) is 15.9 Å². The van der Waals surface area contributed by atoms with Crippen molar-refractivity contribution in [1.82, 2.24) is 15.1 Å². The molecule has 0 aliphatic carbocycles. The van der Waals surface area contributed by atoms with E-state index in [1.165, 1.54) is 0 Å². The van der Waals surface area contributed by atoms with Crippen molar-refractivity contribution >= 4 is 16.8 Å². The number of methoxy groups -OCH3 is 1. The average molecular weight is 248 g/mol. The number of nitrogens with zero attached hydrogens (tertiary/aromatic N) is 2. The Hall–Kier alpha value is -2.08. The van der Waals surface area contributed by atoms with Crippen LogP contribution in [0.4, 0.5) is 0 Å². The lowest BCUT2D eigenvalue weighted by atomic mass is 10.0. The topological polar surface area (TPSA) is 84.2 Å². The van der Waals surface area contributed by atoms with E-state index >= 15 is 0 Å². The Morgan fingerprint density at radius 3 is 2.83 bits per heavy atom. The molecule has 0 aliphatic heterocycles. The number of fused-ring (bicyclic) bond motifs is 1. The Morgan fingerprint density at radius 1 is 1.56 bits per heavy atom. The first-order valence-electron chi connectivity index (χ1n) is 5.52. The molecule has 0 unspecified atom stereocenters. The largest absolute Gasteiger partial charge is 0.496 e. The van der Waals surface area contributed by atoms with Crippen LogP contribution >= 0.6 is 0 Å². The molecule has 1 heterocycles. The Labute approximate surface area is 105 Å². The first-order chi connectivity index (χ1) is 8.54. The lowest BCUT2D eigenvalue weighted by Gasteiger charge is -2.15. The summed E-state index contributed by atoms with van der Waals surface area (Å²) in [6.07, 6.45) is 1.64. The summed E-state index contributed by atoms with van der Waals surface area (Å²) in [6.45, 7) is 0.657. The Morgan fingerprint density at radius 2 is 2.28 bits per heavy atom. The van der Waals surface area contributed by atoms with Gasteiger partial charge in [-0.1, -0.05) is 0 Å². The van der Waals surface area contributed by atoms with E-state index in [0.717, 1.165) is 16.7 Å². The maximum absolute atomic E-state index is 11.5. The Balaban J connectivity index is 2.71. The first-order valence-corrected chi connectivity index (χ1v) is 5.52. The Bertz CT molecular complexity index is 589. The summed E-state index contributed by atoms with van der Waals surface area (Å²) in [7, 11) is 5.50. The lowest BCUT2D eigenvalue weighted by molar-refractivity contribution is 0.100. The number of aromatic nitrogens is 2. The van der Waals surface area contributed by atoms with Crippen molar-refractivity contribution in [2.75, 3.05) is 21.2 Å².